The topological polar surface area (TPSA) is 68.2 Å². The number of hydrogen-bond acceptors (Lipinski definition) is 5. The van der Waals surface area contributed by atoms with E-state index in [1.165, 1.54) is 18.4 Å². The Bertz CT molecular complexity index is 1230. The molecule has 7 nitrogen and oxygen atoms in total. The lowest BCUT2D eigenvalue weighted by Crippen LogP contribution is -2.55. The summed E-state index contributed by atoms with van der Waals surface area (Å²) < 4.78 is 15.7. The van der Waals surface area contributed by atoms with E-state index >= 15 is 4.39 Å². The van der Waals surface area contributed by atoms with Gasteiger partial charge in [-0.1, -0.05) is 30.4 Å². The van der Waals surface area contributed by atoms with Crippen LogP contribution in [-0.4, -0.2) is 76.8 Å². The van der Waals surface area contributed by atoms with Gasteiger partial charge in [0.2, 0.25) is 5.91 Å². The second kappa shape index (κ2) is 8.46. The van der Waals surface area contributed by atoms with Crippen molar-refractivity contribution in [1.29, 1.82) is 0 Å². The number of rotatable bonds is 7. The van der Waals surface area contributed by atoms with E-state index in [1.54, 1.807) is 4.90 Å². The van der Waals surface area contributed by atoms with Crippen molar-refractivity contribution in [3.8, 4) is 0 Å². The number of carbonyl (C=O) groups is 2. The normalized spacial score (nSPS) is 34.1. The fourth-order valence-electron chi connectivity index (χ4n) is 6.86. The van der Waals surface area contributed by atoms with Gasteiger partial charge in [0, 0.05) is 74.4 Å². The lowest BCUT2D eigenvalue weighted by Gasteiger charge is -2.41. The summed E-state index contributed by atoms with van der Waals surface area (Å²) in [6.07, 6.45) is 17.2. The number of hydrogen-bond donors (Lipinski definition) is 1. The van der Waals surface area contributed by atoms with Crippen molar-refractivity contribution < 1.29 is 14.0 Å². The molecule has 0 aromatic carbocycles. The number of amidine groups is 1. The monoisotopic (exact) mass is 517 g/mol. The smallest absolute Gasteiger partial charge is 0.256 e. The summed E-state index contributed by atoms with van der Waals surface area (Å²) in [6.45, 7) is 4.03. The van der Waals surface area contributed by atoms with Crippen molar-refractivity contribution >= 4 is 17.6 Å². The number of nitrogens with one attached hydrogen (secondary N) is 1. The van der Waals surface area contributed by atoms with Gasteiger partial charge in [0.15, 0.2) is 0 Å². The van der Waals surface area contributed by atoms with Gasteiger partial charge in [-0.3, -0.25) is 19.5 Å². The van der Waals surface area contributed by atoms with Crippen LogP contribution in [0.2, 0.25) is 0 Å². The summed E-state index contributed by atoms with van der Waals surface area (Å²) in [6, 6.07) is 0.338. The molecule has 5 fully saturated rings. The molecule has 38 heavy (non-hydrogen) atoms. The van der Waals surface area contributed by atoms with E-state index in [-0.39, 0.29) is 35.4 Å². The standard InChI is InChI=1S/C30H36FN5O2/c31-25-12-22(21-6-8-26-23(11-21)17-35(33-26)15-18-1-2-18)5-7-24(25)27-32-30(9-10-30)29(38)36(27)16-19-13-34(14-19)28(37)20-3-4-20/h5-8,11,18-20,22-23,26,33H,1-4,9-10,12-17H2. The van der Waals surface area contributed by atoms with Gasteiger partial charge in [-0.15, -0.1) is 0 Å². The minimum atomic E-state index is -0.661. The van der Waals surface area contributed by atoms with Crippen molar-refractivity contribution in [2.75, 3.05) is 32.7 Å². The van der Waals surface area contributed by atoms with Crippen LogP contribution < -0.4 is 5.43 Å². The Morgan fingerprint density at radius 3 is 2.58 bits per heavy atom. The predicted octanol–water partition coefficient (Wildman–Crippen LogP) is 3.14. The van der Waals surface area contributed by atoms with Gasteiger partial charge < -0.3 is 4.90 Å². The molecule has 2 saturated heterocycles. The average Bonchev–Trinajstić information content (AvgIpc) is 3.75. The van der Waals surface area contributed by atoms with Crippen molar-refractivity contribution in [3.63, 3.8) is 0 Å². The van der Waals surface area contributed by atoms with E-state index in [0.717, 1.165) is 44.7 Å². The molecule has 5 aliphatic carbocycles. The number of halogens is 1. The first kappa shape index (κ1) is 23.3. The zero-order valence-electron chi connectivity index (χ0n) is 21.8. The zero-order chi connectivity index (χ0) is 25.6. The lowest BCUT2D eigenvalue weighted by atomic mass is 9.82. The lowest BCUT2D eigenvalue weighted by molar-refractivity contribution is -0.139. The third-order valence-electron chi connectivity index (χ3n) is 9.74. The second-order valence-electron chi connectivity index (χ2n) is 12.9. The fourth-order valence-corrected chi connectivity index (χ4v) is 6.86. The first-order valence-electron chi connectivity index (χ1n) is 14.6. The second-order valence-corrected chi connectivity index (χ2v) is 12.9. The molecule has 0 radical (unpaired) electrons. The maximum absolute atomic E-state index is 15.7. The molecule has 8 heteroatoms. The first-order valence-corrected chi connectivity index (χ1v) is 14.6. The first-order chi connectivity index (χ1) is 18.5. The number of nitrogens with zero attached hydrogens (tertiary/aromatic N) is 4. The highest BCUT2D eigenvalue weighted by atomic mass is 19.1. The molecular formula is C30H36FN5O2. The molecule has 3 atom stereocenters. The van der Waals surface area contributed by atoms with Crippen LogP contribution in [0.25, 0.3) is 0 Å². The van der Waals surface area contributed by atoms with Gasteiger partial charge in [-0.2, -0.15) is 0 Å². The van der Waals surface area contributed by atoms with Gasteiger partial charge in [0.25, 0.3) is 5.91 Å². The Morgan fingerprint density at radius 1 is 1.05 bits per heavy atom. The van der Waals surface area contributed by atoms with Crippen LogP contribution in [-0.2, 0) is 9.59 Å². The van der Waals surface area contributed by atoms with Crippen LogP contribution in [0, 0.1) is 29.6 Å². The number of aliphatic imine (C=N–C) groups is 1. The van der Waals surface area contributed by atoms with Gasteiger partial charge in [-0.25, -0.2) is 14.8 Å². The largest absolute Gasteiger partial charge is 0.342 e. The summed E-state index contributed by atoms with van der Waals surface area (Å²) in [5, 5.41) is 2.37. The number of allylic oxidation sites excluding steroid dienone is 4. The van der Waals surface area contributed by atoms with E-state index in [1.807, 2.05) is 11.0 Å². The van der Waals surface area contributed by atoms with E-state index in [4.69, 9.17) is 4.99 Å². The van der Waals surface area contributed by atoms with Crippen LogP contribution in [0.3, 0.4) is 0 Å². The molecule has 8 rings (SSSR count). The summed E-state index contributed by atoms with van der Waals surface area (Å²) >= 11 is 0. The molecule has 0 aromatic rings. The Morgan fingerprint density at radius 2 is 1.87 bits per heavy atom. The molecule has 0 bridgehead atoms. The highest BCUT2D eigenvalue weighted by Crippen LogP contribution is 2.47. The van der Waals surface area contributed by atoms with Crippen LogP contribution in [0.1, 0.15) is 44.9 Å². The molecule has 2 amide bonds. The number of carbonyl (C=O) groups excluding carboxylic acids is 2. The molecule has 3 saturated carbocycles. The molecular weight excluding hydrogens is 481 g/mol. The SMILES string of the molecule is O=C(C1CC1)N1CC(CN2C(=O)C3(CC3)N=C2C2=C(F)CC(C3=CC4CN(CC5CC5)NC4C=C3)C=C2)C1. The number of likely N-dealkylation sites (tertiary alicyclic amines) is 1. The molecule has 1 spiro atoms. The summed E-state index contributed by atoms with van der Waals surface area (Å²) in [5.74, 6) is 2.34. The Balaban J connectivity index is 0.951. The molecule has 3 unspecified atom stereocenters. The van der Waals surface area contributed by atoms with Crippen molar-refractivity contribution in [2.45, 2.75) is 56.5 Å². The Kier molecular flexibility index (Phi) is 5.19. The van der Waals surface area contributed by atoms with Crippen LogP contribution >= 0.6 is 0 Å². The number of fused-ring (bicyclic) bond motifs is 1. The minimum absolute atomic E-state index is 0.00287. The molecule has 1 N–H and O–H groups in total. The molecule has 8 aliphatic rings. The van der Waals surface area contributed by atoms with Crippen LogP contribution in [0.5, 0.6) is 0 Å². The minimum Gasteiger partial charge on any atom is -0.342 e. The van der Waals surface area contributed by atoms with E-state index < -0.39 is 5.54 Å². The molecule has 0 aromatic heterocycles. The fraction of sp³-hybridized carbons (Fsp3) is 0.633. The third-order valence-corrected chi connectivity index (χ3v) is 9.74. The molecule has 3 heterocycles. The van der Waals surface area contributed by atoms with Gasteiger partial charge in [0.1, 0.15) is 17.2 Å². The van der Waals surface area contributed by atoms with E-state index in [9.17, 15) is 9.59 Å². The van der Waals surface area contributed by atoms with Gasteiger partial charge in [-0.05, 0) is 50.0 Å². The quantitative estimate of drug-likeness (QED) is 0.564. The summed E-state index contributed by atoms with van der Waals surface area (Å²) in [5.41, 5.74) is 4.62. The maximum atomic E-state index is 15.7. The summed E-state index contributed by atoms with van der Waals surface area (Å²) in [4.78, 5) is 34.1. The highest BCUT2D eigenvalue weighted by Gasteiger charge is 2.58. The van der Waals surface area contributed by atoms with E-state index in [0.29, 0.717) is 49.4 Å². The zero-order valence-corrected chi connectivity index (χ0v) is 21.8. The average molecular weight is 518 g/mol. The number of amides is 2. The molecule has 200 valence electrons. The third kappa shape index (κ3) is 4.02. The highest BCUT2D eigenvalue weighted by molar-refractivity contribution is 6.17. The van der Waals surface area contributed by atoms with Gasteiger partial charge >= 0.3 is 0 Å². The summed E-state index contributed by atoms with van der Waals surface area (Å²) in [7, 11) is 0. The Labute approximate surface area is 223 Å². The number of hydrazine groups is 1. The Hall–Kier alpha value is -2.58. The van der Waals surface area contributed by atoms with Crippen molar-refractivity contribution in [2.24, 2.45) is 34.6 Å². The maximum Gasteiger partial charge on any atom is 0.256 e. The van der Waals surface area contributed by atoms with E-state index in [2.05, 4.69) is 34.7 Å². The van der Waals surface area contributed by atoms with Crippen molar-refractivity contribution in [3.05, 3.63) is 47.4 Å². The van der Waals surface area contributed by atoms with Crippen LogP contribution in [0.15, 0.2) is 52.3 Å². The molecule has 3 aliphatic heterocycles. The van der Waals surface area contributed by atoms with Crippen LogP contribution in [0.4, 0.5) is 4.39 Å². The predicted molar refractivity (Wildman–Crippen MR) is 141 cm³/mol. The van der Waals surface area contributed by atoms with Crippen molar-refractivity contribution in [1.82, 2.24) is 20.2 Å². The van der Waals surface area contributed by atoms with Gasteiger partial charge in [0.05, 0.1) is 0 Å².